The van der Waals surface area contributed by atoms with Crippen LogP contribution in [0.15, 0.2) is 53.4 Å². The van der Waals surface area contributed by atoms with Crippen LogP contribution in [0.2, 0.25) is 0 Å². The van der Waals surface area contributed by atoms with Gasteiger partial charge in [-0.15, -0.1) is 11.8 Å². The molecule has 1 aliphatic rings. The Hall–Kier alpha value is -2.21. The number of ether oxygens (including phenoxy) is 1. The topological polar surface area (TPSA) is 50.4 Å². The first-order chi connectivity index (χ1) is 12.6. The fraction of sp³-hybridized carbons (Fsp3) is 0.350. The Morgan fingerprint density at radius 1 is 1.12 bits per heavy atom. The molecular formula is C20H23FN2O2S. The SMILES string of the molecule is CSc1cccc(NC(=O)N[C@H]2CC[C@@H](Oc3ccc(F)cc3)CC2)c1. The standard InChI is InChI=1S/C20H23FN2O2S/c1-26-19-4-2-3-16(13-19)23-20(24)22-15-7-11-18(12-8-15)25-17-9-5-14(21)6-10-17/h2-6,9-10,13,15,18H,7-8,11-12H2,1H3,(H2,22,23,24)/t15-,18+. The van der Waals surface area contributed by atoms with Crippen molar-refractivity contribution < 1.29 is 13.9 Å². The largest absolute Gasteiger partial charge is 0.490 e. The van der Waals surface area contributed by atoms with Gasteiger partial charge in [0.05, 0.1) is 6.10 Å². The number of anilines is 1. The van der Waals surface area contributed by atoms with E-state index in [4.69, 9.17) is 4.74 Å². The molecule has 4 nitrogen and oxygen atoms in total. The minimum atomic E-state index is -0.265. The van der Waals surface area contributed by atoms with Crippen molar-refractivity contribution >= 4 is 23.5 Å². The van der Waals surface area contributed by atoms with Gasteiger partial charge in [-0.2, -0.15) is 0 Å². The van der Waals surface area contributed by atoms with Gasteiger partial charge in [-0.25, -0.2) is 9.18 Å². The molecule has 138 valence electrons. The molecular weight excluding hydrogens is 351 g/mol. The molecule has 26 heavy (non-hydrogen) atoms. The summed E-state index contributed by atoms with van der Waals surface area (Å²) in [5.74, 6) is 0.425. The molecule has 2 aromatic rings. The minimum absolute atomic E-state index is 0.111. The van der Waals surface area contributed by atoms with Crippen LogP contribution >= 0.6 is 11.8 Å². The summed E-state index contributed by atoms with van der Waals surface area (Å²) >= 11 is 1.64. The van der Waals surface area contributed by atoms with E-state index in [0.29, 0.717) is 5.75 Å². The van der Waals surface area contributed by atoms with E-state index in [1.807, 2.05) is 30.5 Å². The lowest BCUT2D eigenvalue weighted by Crippen LogP contribution is -2.41. The number of rotatable bonds is 5. The second-order valence-electron chi connectivity index (χ2n) is 6.38. The van der Waals surface area contributed by atoms with Gasteiger partial charge in [0.1, 0.15) is 11.6 Å². The van der Waals surface area contributed by atoms with Crippen molar-refractivity contribution in [2.45, 2.75) is 42.7 Å². The Kier molecular flexibility index (Phi) is 6.39. The Bertz CT molecular complexity index is 731. The number of benzene rings is 2. The summed E-state index contributed by atoms with van der Waals surface area (Å²) in [5.41, 5.74) is 0.794. The second-order valence-corrected chi connectivity index (χ2v) is 7.26. The maximum atomic E-state index is 12.9. The van der Waals surface area contributed by atoms with E-state index in [2.05, 4.69) is 10.6 Å². The van der Waals surface area contributed by atoms with Crippen LogP contribution in [0.25, 0.3) is 0 Å². The molecule has 0 atom stereocenters. The highest BCUT2D eigenvalue weighted by Gasteiger charge is 2.23. The van der Waals surface area contributed by atoms with Crippen LogP contribution in [0, 0.1) is 5.82 Å². The molecule has 3 rings (SSSR count). The zero-order valence-corrected chi connectivity index (χ0v) is 15.5. The average molecular weight is 374 g/mol. The van der Waals surface area contributed by atoms with Crippen LogP contribution < -0.4 is 15.4 Å². The predicted molar refractivity (Wildman–Crippen MR) is 103 cm³/mol. The first-order valence-electron chi connectivity index (χ1n) is 8.76. The molecule has 0 unspecified atom stereocenters. The molecule has 1 fully saturated rings. The van der Waals surface area contributed by atoms with Gasteiger partial charge in [-0.3, -0.25) is 0 Å². The molecule has 1 aliphatic carbocycles. The predicted octanol–water partition coefficient (Wildman–Crippen LogP) is 5.06. The molecule has 2 aromatic carbocycles. The average Bonchev–Trinajstić information content (AvgIpc) is 2.65. The van der Waals surface area contributed by atoms with E-state index in [9.17, 15) is 9.18 Å². The van der Waals surface area contributed by atoms with Gasteiger partial charge in [-0.1, -0.05) is 6.07 Å². The van der Waals surface area contributed by atoms with Crippen LogP contribution in [-0.4, -0.2) is 24.4 Å². The van der Waals surface area contributed by atoms with Crippen molar-refractivity contribution in [3.05, 3.63) is 54.3 Å². The summed E-state index contributed by atoms with van der Waals surface area (Å²) in [7, 11) is 0. The van der Waals surface area contributed by atoms with Crippen LogP contribution in [0.5, 0.6) is 5.75 Å². The third kappa shape index (κ3) is 5.39. The van der Waals surface area contributed by atoms with Crippen LogP contribution in [0.1, 0.15) is 25.7 Å². The van der Waals surface area contributed by atoms with Gasteiger partial charge >= 0.3 is 6.03 Å². The molecule has 0 saturated heterocycles. The second kappa shape index (κ2) is 8.94. The van der Waals surface area contributed by atoms with E-state index < -0.39 is 0 Å². The van der Waals surface area contributed by atoms with Crippen molar-refractivity contribution in [3.63, 3.8) is 0 Å². The zero-order valence-electron chi connectivity index (χ0n) is 14.7. The highest BCUT2D eigenvalue weighted by molar-refractivity contribution is 7.98. The Morgan fingerprint density at radius 3 is 2.54 bits per heavy atom. The van der Waals surface area contributed by atoms with Gasteiger partial charge in [0.25, 0.3) is 0 Å². The number of thioether (sulfide) groups is 1. The van der Waals surface area contributed by atoms with Crippen LogP contribution in [-0.2, 0) is 0 Å². The summed E-state index contributed by atoms with van der Waals surface area (Å²) in [6.07, 6.45) is 5.58. The maximum absolute atomic E-state index is 12.9. The van der Waals surface area contributed by atoms with Crippen molar-refractivity contribution in [1.29, 1.82) is 0 Å². The fourth-order valence-corrected chi connectivity index (χ4v) is 3.54. The molecule has 0 radical (unpaired) electrons. The van der Waals surface area contributed by atoms with Gasteiger partial charge in [0.15, 0.2) is 0 Å². The third-order valence-corrected chi connectivity index (χ3v) is 5.18. The van der Waals surface area contributed by atoms with Crippen molar-refractivity contribution in [1.82, 2.24) is 5.32 Å². The summed E-state index contributed by atoms with van der Waals surface area (Å²) in [6, 6.07) is 13.8. The third-order valence-electron chi connectivity index (χ3n) is 4.45. The number of hydrogen-bond donors (Lipinski definition) is 2. The minimum Gasteiger partial charge on any atom is -0.490 e. The van der Waals surface area contributed by atoms with Crippen LogP contribution in [0.4, 0.5) is 14.9 Å². The lowest BCUT2D eigenvalue weighted by molar-refractivity contribution is 0.141. The van der Waals surface area contributed by atoms with Gasteiger partial charge in [-0.05, 0) is 74.4 Å². The van der Waals surface area contributed by atoms with E-state index in [0.717, 1.165) is 36.3 Å². The number of urea groups is 1. The van der Waals surface area contributed by atoms with Crippen molar-refractivity contribution in [2.75, 3.05) is 11.6 Å². The maximum Gasteiger partial charge on any atom is 0.319 e. The van der Waals surface area contributed by atoms with Crippen LogP contribution in [0.3, 0.4) is 0 Å². The molecule has 0 bridgehead atoms. The Labute approximate surface area is 157 Å². The highest BCUT2D eigenvalue weighted by atomic mass is 32.2. The molecule has 1 saturated carbocycles. The summed E-state index contributed by atoms with van der Waals surface area (Å²) in [5, 5.41) is 5.92. The van der Waals surface area contributed by atoms with E-state index >= 15 is 0 Å². The van der Waals surface area contributed by atoms with Gasteiger partial charge in [0.2, 0.25) is 0 Å². The number of carbonyl (C=O) groups is 1. The molecule has 0 heterocycles. The number of carbonyl (C=O) groups excluding carboxylic acids is 1. The lowest BCUT2D eigenvalue weighted by atomic mass is 9.93. The monoisotopic (exact) mass is 374 g/mol. The number of amides is 2. The molecule has 2 amide bonds. The van der Waals surface area contributed by atoms with Gasteiger partial charge < -0.3 is 15.4 Å². The zero-order chi connectivity index (χ0) is 18.4. The van der Waals surface area contributed by atoms with E-state index in [1.165, 1.54) is 12.1 Å². The normalized spacial score (nSPS) is 19.6. The number of halogens is 1. The quantitative estimate of drug-likeness (QED) is 0.719. The molecule has 2 N–H and O–H groups in total. The number of hydrogen-bond acceptors (Lipinski definition) is 3. The first-order valence-corrected chi connectivity index (χ1v) is 9.98. The Morgan fingerprint density at radius 2 is 1.85 bits per heavy atom. The number of nitrogens with one attached hydrogen (secondary N) is 2. The van der Waals surface area contributed by atoms with E-state index in [1.54, 1.807) is 23.9 Å². The van der Waals surface area contributed by atoms with Crippen molar-refractivity contribution in [2.24, 2.45) is 0 Å². The smallest absolute Gasteiger partial charge is 0.319 e. The van der Waals surface area contributed by atoms with Crippen molar-refractivity contribution in [3.8, 4) is 5.75 Å². The summed E-state index contributed by atoms with van der Waals surface area (Å²) in [6.45, 7) is 0. The summed E-state index contributed by atoms with van der Waals surface area (Å²) < 4.78 is 18.8. The molecule has 6 heteroatoms. The molecule has 0 spiro atoms. The first kappa shape index (κ1) is 18.6. The Balaban J connectivity index is 1.43. The highest BCUT2D eigenvalue weighted by Crippen LogP contribution is 2.24. The lowest BCUT2D eigenvalue weighted by Gasteiger charge is -2.29. The fourth-order valence-electron chi connectivity index (χ4n) is 3.08. The van der Waals surface area contributed by atoms with Gasteiger partial charge in [0, 0.05) is 16.6 Å². The molecule has 0 aromatic heterocycles. The molecule has 0 aliphatic heterocycles. The summed E-state index contributed by atoms with van der Waals surface area (Å²) in [4.78, 5) is 13.3. The van der Waals surface area contributed by atoms with E-state index in [-0.39, 0.29) is 24.0 Å².